The second-order valence-electron chi connectivity index (χ2n) is 8.00. The summed E-state index contributed by atoms with van der Waals surface area (Å²) in [5.41, 5.74) is -1.25. The minimum Gasteiger partial charge on any atom is -0.460 e. The number of aliphatic hydroxyl groups excluding tert-OH is 1. The molecule has 1 amide bonds. The first kappa shape index (κ1) is 28.3. The Kier molecular flexibility index (Phi) is 12.1. The number of hydrogen-bond acceptors (Lipinski definition) is 9. The van der Waals surface area contributed by atoms with E-state index in [1.165, 1.54) is 20.8 Å². The molecule has 2 N–H and O–H groups in total. The van der Waals surface area contributed by atoms with E-state index in [-0.39, 0.29) is 37.2 Å². The van der Waals surface area contributed by atoms with Crippen molar-refractivity contribution < 1.29 is 41.6 Å². The SMILES string of the molecule is CC[C@H](COC(=O)C(O)C(C)(C)COS(=O)(=O)CCCNC(C)=O)OC(=O)C(C)C. The van der Waals surface area contributed by atoms with Crippen molar-refractivity contribution in [2.24, 2.45) is 11.3 Å². The third kappa shape index (κ3) is 11.5. The summed E-state index contributed by atoms with van der Waals surface area (Å²) in [7, 11) is -3.90. The normalized spacial score (nSPS) is 14.1. The van der Waals surface area contributed by atoms with E-state index in [0.29, 0.717) is 6.42 Å². The summed E-state index contributed by atoms with van der Waals surface area (Å²) in [6.07, 6.45) is -1.70. The maximum Gasteiger partial charge on any atom is 0.335 e. The van der Waals surface area contributed by atoms with Crippen LogP contribution in [0.1, 0.15) is 54.4 Å². The van der Waals surface area contributed by atoms with Gasteiger partial charge in [0, 0.05) is 18.9 Å². The third-order valence-electron chi connectivity index (χ3n) is 4.14. The molecule has 1 unspecified atom stereocenters. The van der Waals surface area contributed by atoms with E-state index in [2.05, 4.69) is 5.32 Å². The van der Waals surface area contributed by atoms with Crippen LogP contribution in [-0.4, -0.2) is 69.1 Å². The fraction of sp³-hybridized carbons (Fsp3) is 0.842. The van der Waals surface area contributed by atoms with Crippen molar-refractivity contribution in [2.45, 2.75) is 66.6 Å². The molecule has 11 heteroatoms. The quantitative estimate of drug-likeness (QED) is 0.221. The van der Waals surface area contributed by atoms with Crippen molar-refractivity contribution in [2.75, 3.05) is 25.5 Å². The largest absolute Gasteiger partial charge is 0.460 e. The van der Waals surface area contributed by atoms with E-state index in [1.54, 1.807) is 20.8 Å². The molecule has 0 rings (SSSR count). The number of carbonyl (C=O) groups excluding carboxylic acids is 3. The zero-order chi connectivity index (χ0) is 23.5. The molecule has 0 saturated heterocycles. The Hall–Kier alpha value is -1.72. The van der Waals surface area contributed by atoms with Gasteiger partial charge in [0.2, 0.25) is 5.91 Å². The molecule has 0 aromatic heterocycles. The summed E-state index contributed by atoms with van der Waals surface area (Å²) in [6.45, 7) is 8.90. The minimum absolute atomic E-state index is 0.167. The maximum atomic E-state index is 12.2. The molecule has 176 valence electrons. The van der Waals surface area contributed by atoms with Gasteiger partial charge in [0.15, 0.2) is 6.10 Å². The molecule has 0 aliphatic rings. The number of amides is 1. The molecule has 0 aromatic carbocycles. The Morgan fingerprint density at radius 1 is 1.13 bits per heavy atom. The molecule has 10 nitrogen and oxygen atoms in total. The average Bonchev–Trinajstić information content (AvgIpc) is 2.65. The second kappa shape index (κ2) is 12.9. The molecule has 0 radical (unpaired) electrons. The van der Waals surface area contributed by atoms with Crippen LogP contribution in [0.15, 0.2) is 0 Å². The molecule has 0 fully saturated rings. The van der Waals surface area contributed by atoms with E-state index in [4.69, 9.17) is 13.7 Å². The first-order chi connectivity index (χ1) is 13.7. The van der Waals surface area contributed by atoms with E-state index >= 15 is 0 Å². The Labute approximate surface area is 178 Å². The summed E-state index contributed by atoms with van der Waals surface area (Å²) >= 11 is 0. The number of carbonyl (C=O) groups is 3. The van der Waals surface area contributed by atoms with Crippen molar-refractivity contribution in [3.05, 3.63) is 0 Å². The van der Waals surface area contributed by atoms with Crippen LogP contribution in [0.25, 0.3) is 0 Å². The highest BCUT2D eigenvalue weighted by Gasteiger charge is 2.37. The van der Waals surface area contributed by atoms with Gasteiger partial charge in [-0.25, -0.2) is 4.79 Å². The van der Waals surface area contributed by atoms with Gasteiger partial charge in [-0.3, -0.25) is 13.8 Å². The Bertz CT molecular complexity index is 673. The van der Waals surface area contributed by atoms with Crippen LogP contribution in [0.4, 0.5) is 0 Å². The number of aliphatic hydroxyl groups is 1. The van der Waals surface area contributed by atoms with Gasteiger partial charge >= 0.3 is 11.9 Å². The van der Waals surface area contributed by atoms with Crippen molar-refractivity contribution in [3.63, 3.8) is 0 Å². The fourth-order valence-electron chi connectivity index (χ4n) is 2.00. The number of rotatable bonds is 14. The first-order valence-corrected chi connectivity index (χ1v) is 11.5. The van der Waals surface area contributed by atoms with E-state index in [1.807, 2.05) is 0 Å². The summed E-state index contributed by atoms with van der Waals surface area (Å²) in [4.78, 5) is 34.6. The van der Waals surface area contributed by atoms with Crippen molar-refractivity contribution >= 4 is 28.0 Å². The van der Waals surface area contributed by atoms with Crippen LogP contribution in [-0.2, 0) is 38.2 Å². The number of hydrogen-bond donors (Lipinski definition) is 2. The molecule has 0 aliphatic heterocycles. The summed E-state index contributed by atoms with van der Waals surface area (Å²) in [5.74, 6) is -2.29. The highest BCUT2D eigenvalue weighted by molar-refractivity contribution is 7.86. The number of esters is 2. The van der Waals surface area contributed by atoms with Gasteiger partial charge in [0.1, 0.15) is 12.7 Å². The van der Waals surface area contributed by atoms with E-state index < -0.39 is 46.3 Å². The van der Waals surface area contributed by atoms with Gasteiger partial charge in [0.05, 0.1) is 18.3 Å². The van der Waals surface area contributed by atoms with Crippen molar-refractivity contribution in [1.29, 1.82) is 0 Å². The molecule has 0 spiro atoms. The molecule has 0 saturated carbocycles. The van der Waals surface area contributed by atoms with Crippen LogP contribution in [0, 0.1) is 11.3 Å². The van der Waals surface area contributed by atoms with Gasteiger partial charge < -0.3 is 19.9 Å². The van der Waals surface area contributed by atoms with Crippen LogP contribution < -0.4 is 5.32 Å². The molecular weight excluding hydrogens is 418 g/mol. The zero-order valence-corrected chi connectivity index (χ0v) is 19.4. The number of nitrogens with one attached hydrogen (secondary N) is 1. The summed E-state index contributed by atoms with van der Waals surface area (Å²) in [6, 6.07) is 0. The van der Waals surface area contributed by atoms with E-state index in [9.17, 15) is 27.9 Å². The molecule has 30 heavy (non-hydrogen) atoms. The monoisotopic (exact) mass is 453 g/mol. The summed E-state index contributed by atoms with van der Waals surface area (Å²) < 4.78 is 39.1. The Morgan fingerprint density at radius 2 is 1.73 bits per heavy atom. The zero-order valence-electron chi connectivity index (χ0n) is 18.6. The average molecular weight is 454 g/mol. The minimum atomic E-state index is -3.90. The Morgan fingerprint density at radius 3 is 2.23 bits per heavy atom. The third-order valence-corrected chi connectivity index (χ3v) is 5.41. The molecule has 0 aromatic rings. The standard InChI is InChI=1S/C19H35NO9S/c1-7-15(29-17(23)13(2)3)11-27-18(24)16(22)19(5,6)12-28-30(25,26)10-8-9-20-14(4)21/h13,15-16,22H,7-12H2,1-6H3,(H,20,21)/t15-,16?/m1/s1. The molecule has 0 heterocycles. The maximum absolute atomic E-state index is 12.2. The summed E-state index contributed by atoms with van der Waals surface area (Å²) in [5, 5.41) is 12.7. The van der Waals surface area contributed by atoms with Gasteiger partial charge in [-0.05, 0) is 12.8 Å². The lowest BCUT2D eigenvalue weighted by atomic mass is 9.88. The fourth-order valence-corrected chi connectivity index (χ4v) is 3.10. The van der Waals surface area contributed by atoms with Gasteiger partial charge in [-0.15, -0.1) is 0 Å². The lowest BCUT2D eigenvalue weighted by Gasteiger charge is -2.28. The molecule has 2 atom stereocenters. The van der Waals surface area contributed by atoms with Crippen LogP contribution in [0.2, 0.25) is 0 Å². The lowest BCUT2D eigenvalue weighted by Crippen LogP contribution is -2.42. The van der Waals surface area contributed by atoms with Gasteiger partial charge in [-0.2, -0.15) is 8.42 Å². The van der Waals surface area contributed by atoms with Gasteiger partial charge in [0.25, 0.3) is 10.1 Å². The topological polar surface area (TPSA) is 145 Å². The van der Waals surface area contributed by atoms with E-state index in [0.717, 1.165) is 0 Å². The highest BCUT2D eigenvalue weighted by atomic mass is 32.2. The first-order valence-electron chi connectivity index (χ1n) is 9.88. The molecular formula is C19H35NO9S. The molecule has 0 bridgehead atoms. The number of ether oxygens (including phenoxy) is 2. The van der Waals surface area contributed by atoms with Crippen molar-refractivity contribution in [1.82, 2.24) is 5.32 Å². The second-order valence-corrected chi connectivity index (χ2v) is 9.76. The predicted molar refractivity (Wildman–Crippen MR) is 109 cm³/mol. The smallest absolute Gasteiger partial charge is 0.335 e. The van der Waals surface area contributed by atoms with Crippen LogP contribution in [0.3, 0.4) is 0 Å². The lowest BCUT2D eigenvalue weighted by molar-refractivity contribution is -0.170. The predicted octanol–water partition coefficient (Wildman–Crippen LogP) is 0.767. The van der Waals surface area contributed by atoms with Crippen molar-refractivity contribution in [3.8, 4) is 0 Å². The van der Waals surface area contributed by atoms with Crippen LogP contribution in [0.5, 0.6) is 0 Å². The Balaban J connectivity index is 4.61. The highest BCUT2D eigenvalue weighted by Crippen LogP contribution is 2.23. The van der Waals surface area contributed by atoms with Crippen LogP contribution >= 0.6 is 0 Å². The molecule has 0 aliphatic carbocycles. The van der Waals surface area contributed by atoms with Gasteiger partial charge in [-0.1, -0.05) is 34.6 Å².